The second kappa shape index (κ2) is 9.48. The van der Waals surface area contributed by atoms with Gasteiger partial charge in [-0.1, -0.05) is 29.3 Å². The highest BCUT2D eigenvalue weighted by Crippen LogP contribution is 2.40. The van der Waals surface area contributed by atoms with E-state index in [9.17, 15) is 32.3 Å². The number of benzene rings is 2. The molecule has 0 bridgehead atoms. The van der Waals surface area contributed by atoms with Crippen LogP contribution in [0.15, 0.2) is 36.4 Å². The molecule has 0 aromatic heterocycles. The molecule has 1 fully saturated rings. The summed E-state index contributed by atoms with van der Waals surface area (Å²) in [6.45, 7) is -0.517. The average molecular weight is 537 g/mol. The van der Waals surface area contributed by atoms with E-state index in [1.54, 1.807) is 0 Å². The molecule has 11 nitrogen and oxygen atoms in total. The number of rotatable bonds is 5. The fraction of sp³-hybridized carbons (Fsp3) is 0.304. The van der Waals surface area contributed by atoms with E-state index in [1.165, 1.54) is 41.3 Å². The highest BCUT2D eigenvalue weighted by molar-refractivity contribution is 6.05. The van der Waals surface area contributed by atoms with Crippen LogP contribution in [0.2, 0.25) is 0 Å². The van der Waals surface area contributed by atoms with Crippen LogP contribution in [0.25, 0.3) is 0 Å². The van der Waals surface area contributed by atoms with Gasteiger partial charge in [-0.2, -0.15) is 18.2 Å². The standard InChI is InChI=1S/C23H19F4N5O6/c24-18-11(5-6-12-10-31(20(35)17(12)18)15-7-8-16(33)30-19(15)34)9-28-22(36)37-38-32-14-4-2-1-3-13(14)29-21(32)23(25,26)27/h1-6,15,21,29H,7-10H2,(H,28,36)(H,30,33,34). The number of carbonyl (C=O) groups is 4. The van der Waals surface area contributed by atoms with Gasteiger partial charge in [0.2, 0.25) is 18.0 Å². The van der Waals surface area contributed by atoms with Gasteiger partial charge in [0, 0.05) is 25.1 Å². The first-order valence-corrected chi connectivity index (χ1v) is 11.3. The molecule has 2 unspecified atom stereocenters. The Morgan fingerprint density at radius 2 is 1.89 bits per heavy atom. The van der Waals surface area contributed by atoms with E-state index in [-0.39, 0.29) is 41.9 Å². The minimum absolute atomic E-state index is 0.0219. The van der Waals surface area contributed by atoms with Crippen molar-refractivity contribution in [1.29, 1.82) is 0 Å². The lowest BCUT2D eigenvalue weighted by Crippen LogP contribution is -2.52. The summed E-state index contributed by atoms with van der Waals surface area (Å²) in [4.78, 5) is 58.8. The fourth-order valence-corrected chi connectivity index (χ4v) is 4.49. The minimum Gasteiger partial charge on any atom is -0.354 e. The number of nitrogens with one attached hydrogen (secondary N) is 3. The Morgan fingerprint density at radius 1 is 1.13 bits per heavy atom. The van der Waals surface area contributed by atoms with Gasteiger partial charge in [0.1, 0.15) is 11.9 Å². The Labute approximate surface area is 211 Å². The number of anilines is 2. The summed E-state index contributed by atoms with van der Waals surface area (Å²) in [6.07, 6.45) is -8.26. The van der Waals surface area contributed by atoms with Crippen molar-refractivity contribution in [3.05, 3.63) is 58.9 Å². The first-order valence-electron chi connectivity index (χ1n) is 11.3. The third-order valence-electron chi connectivity index (χ3n) is 6.30. The zero-order valence-corrected chi connectivity index (χ0v) is 19.3. The summed E-state index contributed by atoms with van der Waals surface area (Å²) < 4.78 is 55.4. The summed E-state index contributed by atoms with van der Waals surface area (Å²) in [7, 11) is 0. The van der Waals surface area contributed by atoms with Gasteiger partial charge in [0.25, 0.3) is 5.91 Å². The monoisotopic (exact) mass is 537 g/mol. The summed E-state index contributed by atoms with van der Waals surface area (Å²) in [6, 6.07) is 7.54. The minimum atomic E-state index is -4.78. The highest BCUT2D eigenvalue weighted by Gasteiger charge is 2.50. The maximum Gasteiger partial charge on any atom is 0.441 e. The number of imide groups is 1. The van der Waals surface area contributed by atoms with E-state index in [0.717, 1.165) is 0 Å². The smallest absolute Gasteiger partial charge is 0.354 e. The summed E-state index contributed by atoms with van der Waals surface area (Å²) in [5.41, 5.74) is 0.0265. The SMILES string of the molecule is O=C1CCC(N2Cc3ccc(CNC(=O)OON4c5ccccc5NC4C(F)(F)F)c(F)c3C2=O)C(=O)N1. The van der Waals surface area contributed by atoms with Crippen molar-refractivity contribution < 1.29 is 46.6 Å². The Morgan fingerprint density at radius 3 is 2.63 bits per heavy atom. The van der Waals surface area contributed by atoms with Crippen LogP contribution < -0.4 is 21.0 Å². The van der Waals surface area contributed by atoms with Crippen LogP contribution in [0.3, 0.4) is 0 Å². The number of hydrogen-bond acceptors (Lipinski definition) is 8. The molecule has 2 aromatic carbocycles. The number of piperidine rings is 1. The average Bonchev–Trinajstić information content (AvgIpc) is 3.40. The maximum absolute atomic E-state index is 15.2. The van der Waals surface area contributed by atoms with Crippen molar-refractivity contribution in [3.63, 3.8) is 0 Å². The second-order valence-electron chi connectivity index (χ2n) is 8.70. The van der Waals surface area contributed by atoms with E-state index in [1.807, 2.05) is 0 Å². The van der Waals surface area contributed by atoms with Crippen molar-refractivity contribution in [2.24, 2.45) is 0 Å². The molecule has 1 saturated heterocycles. The van der Waals surface area contributed by atoms with Crippen LogP contribution in [0, 0.1) is 5.82 Å². The van der Waals surface area contributed by atoms with E-state index in [2.05, 4.69) is 25.8 Å². The van der Waals surface area contributed by atoms with Crippen LogP contribution in [0.4, 0.5) is 33.7 Å². The number of para-hydroxylation sites is 2. The number of hydrogen-bond donors (Lipinski definition) is 3. The van der Waals surface area contributed by atoms with Gasteiger partial charge in [-0.25, -0.2) is 9.18 Å². The summed E-state index contributed by atoms with van der Waals surface area (Å²) in [5, 5.41) is 6.86. The molecule has 3 aliphatic heterocycles. The van der Waals surface area contributed by atoms with Gasteiger partial charge in [0.05, 0.1) is 16.9 Å². The number of nitrogens with zero attached hydrogens (tertiary/aromatic N) is 2. The molecule has 3 N–H and O–H groups in total. The lowest BCUT2D eigenvalue weighted by Gasteiger charge is -2.29. The molecular weight excluding hydrogens is 518 g/mol. The van der Waals surface area contributed by atoms with Crippen molar-refractivity contribution in [1.82, 2.24) is 15.5 Å². The van der Waals surface area contributed by atoms with Gasteiger partial charge in [-0.15, -0.1) is 0 Å². The summed E-state index contributed by atoms with van der Waals surface area (Å²) >= 11 is 0. The van der Waals surface area contributed by atoms with E-state index in [0.29, 0.717) is 10.6 Å². The lowest BCUT2D eigenvalue weighted by atomic mass is 10.0. The van der Waals surface area contributed by atoms with Crippen molar-refractivity contribution in [2.45, 2.75) is 44.3 Å². The molecule has 15 heteroatoms. The van der Waals surface area contributed by atoms with Gasteiger partial charge in [0.15, 0.2) is 0 Å². The summed E-state index contributed by atoms with van der Waals surface area (Å²) in [5.74, 6) is -2.77. The van der Waals surface area contributed by atoms with E-state index in [4.69, 9.17) is 0 Å². The molecule has 3 heterocycles. The van der Waals surface area contributed by atoms with Crippen molar-refractivity contribution in [2.75, 3.05) is 10.4 Å². The van der Waals surface area contributed by atoms with E-state index >= 15 is 4.39 Å². The third-order valence-corrected chi connectivity index (χ3v) is 6.30. The molecule has 0 saturated carbocycles. The van der Waals surface area contributed by atoms with Crippen LogP contribution in [0.5, 0.6) is 0 Å². The molecule has 2 atom stereocenters. The molecule has 3 aliphatic rings. The first-order chi connectivity index (χ1) is 18.0. The molecule has 4 amide bonds. The molecule has 0 spiro atoms. The maximum atomic E-state index is 15.2. The van der Waals surface area contributed by atoms with Crippen LogP contribution in [0.1, 0.15) is 34.3 Å². The predicted octanol–water partition coefficient (Wildman–Crippen LogP) is 2.48. The zero-order valence-electron chi connectivity index (χ0n) is 19.3. The number of alkyl halides is 3. The third kappa shape index (κ3) is 4.55. The topological polar surface area (TPSA) is 129 Å². The largest absolute Gasteiger partial charge is 0.441 e. The molecular formula is C23H19F4N5O6. The quantitative estimate of drug-likeness (QED) is 0.230. The van der Waals surface area contributed by atoms with E-state index < -0.39 is 54.6 Å². The van der Waals surface area contributed by atoms with Crippen LogP contribution >= 0.6 is 0 Å². The Hall–Kier alpha value is -4.40. The Kier molecular flexibility index (Phi) is 6.30. The van der Waals surface area contributed by atoms with Gasteiger partial charge in [-0.3, -0.25) is 24.6 Å². The fourth-order valence-electron chi connectivity index (χ4n) is 4.49. The molecule has 5 rings (SSSR count). The molecule has 200 valence electrons. The number of hydroxylamine groups is 1. The van der Waals surface area contributed by atoms with Gasteiger partial charge < -0.3 is 15.5 Å². The van der Waals surface area contributed by atoms with Gasteiger partial charge in [-0.05, 0) is 24.1 Å². The van der Waals surface area contributed by atoms with Crippen LogP contribution in [-0.4, -0.2) is 47.1 Å². The second-order valence-corrected chi connectivity index (χ2v) is 8.70. The molecule has 38 heavy (non-hydrogen) atoms. The van der Waals surface area contributed by atoms with Crippen molar-refractivity contribution in [3.8, 4) is 0 Å². The van der Waals surface area contributed by atoms with Crippen molar-refractivity contribution >= 4 is 35.2 Å². The van der Waals surface area contributed by atoms with Gasteiger partial charge >= 0.3 is 12.3 Å². The first kappa shape index (κ1) is 25.3. The normalized spacial score (nSPS) is 20.6. The number of carbonyl (C=O) groups excluding carboxylic acids is 4. The molecule has 0 radical (unpaired) electrons. The zero-order chi connectivity index (χ0) is 27.2. The Bertz CT molecular complexity index is 1340. The van der Waals surface area contributed by atoms with Crippen LogP contribution in [-0.2, 0) is 32.6 Å². The highest BCUT2D eigenvalue weighted by atomic mass is 19.4. The molecule has 2 aromatic rings. The Balaban J connectivity index is 1.22. The molecule has 0 aliphatic carbocycles. The number of halogens is 4. The lowest BCUT2D eigenvalue weighted by molar-refractivity contribution is -0.273. The number of fused-ring (bicyclic) bond motifs is 2. The predicted molar refractivity (Wildman–Crippen MR) is 119 cm³/mol. The number of amides is 4.